The van der Waals surface area contributed by atoms with Crippen LogP contribution in [0.3, 0.4) is 0 Å². The molecule has 1 aromatic heterocycles. The highest BCUT2D eigenvalue weighted by atomic mass is 35.5. The maximum absolute atomic E-state index is 13.4. The summed E-state index contributed by atoms with van der Waals surface area (Å²) in [5.74, 6) is 0.138. The summed E-state index contributed by atoms with van der Waals surface area (Å²) in [5, 5.41) is 5.90. The van der Waals surface area contributed by atoms with Gasteiger partial charge in [-0.3, -0.25) is 14.3 Å². The lowest BCUT2D eigenvalue weighted by atomic mass is 10.1. The molecule has 0 radical (unpaired) electrons. The number of hydrogen-bond acceptors (Lipinski definition) is 7. The molecule has 15 heteroatoms. The van der Waals surface area contributed by atoms with Crippen LogP contribution in [-0.2, 0) is 21.3 Å². The minimum atomic E-state index is -4.79. The first-order valence-corrected chi connectivity index (χ1v) is 11.8. The van der Waals surface area contributed by atoms with Crippen LogP contribution < -0.4 is 20.1 Å². The van der Waals surface area contributed by atoms with E-state index in [0.29, 0.717) is 20.4 Å². The van der Waals surface area contributed by atoms with E-state index >= 15 is 0 Å². The molecule has 3 rings (SSSR count). The summed E-state index contributed by atoms with van der Waals surface area (Å²) in [6.45, 7) is 3.38. The van der Waals surface area contributed by atoms with E-state index in [9.17, 15) is 26.4 Å². The van der Waals surface area contributed by atoms with Crippen molar-refractivity contribution >= 4 is 39.1 Å². The summed E-state index contributed by atoms with van der Waals surface area (Å²) in [7, 11) is -4.24. The molecule has 2 aromatic rings. The van der Waals surface area contributed by atoms with E-state index in [0.717, 1.165) is 4.31 Å². The third-order valence-electron chi connectivity index (χ3n) is 5.01. The smallest absolute Gasteiger partial charge is 0.427 e. The molecule has 1 unspecified atom stereocenters. The monoisotopic (exact) mass is 525 g/mol. The van der Waals surface area contributed by atoms with E-state index < -0.39 is 34.0 Å². The third kappa shape index (κ3) is 5.03. The highest BCUT2D eigenvalue weighted by Crippen LogP contribution is 2.40. The molecule has 1 atom stereocenters. The van der Waals surface area contributed by atoms with Crippen molar-refractivity contribution in [2.24, 2.45) is 5.73 Å². The standard InChI is InChI=1S/C19H23ClF3N5O5S/c1-4-27-10-15(16(20)26-27)34(30,31)28-9-12(8-24)32-14-6-5-11(7-13(14)28)25-17(29)33-18(2,3)19(21,22)23/h5-7,10,12H,4,8-9,24H2,1-3H3,(H,25,29). The first-order valence-electron chi connectivity index (χ1n) is 10.0. The van der Waals surface area contributed by atoms with E-state index in [1.807, 2.05) is 0 Å². The number of sulfonamides is 1. The maximum atomic E-state index is 13.4. The van der Waals surface area contributed by atoms with Gasteiger partial charge in [-0.15, -0.1) is 0 Å². The van der Waals surface area contributed by atoms with Crippen LogP contribution in [0.4, 0.5) is 29.3 Å². The molecule has 0 saturated heterocycles. The van der Waals surface area contributed by atoms with Crippen LogP contribution in [0.5, 0.6) is 5.75 Å². The van der Waals surface area contributed by atoms with Gasteiger partial charge in [0.2, 0.25) is 5.60 Å². The van der Waals surface area contributed by atoms with Gasteiger partial charge in [-0.1, -0.05) is 11.6 Å². The Balaban J connectivity index is 1.96. The maximum Gasteiger partial charge on any atom is 0.427 e. The van der Waals surface area contributed by atoms with E-state index in [4.69, 9.17) is 22.1 Å². The number of nitrogens with one attached hydrogen (secondary N) is 1. The fourth-order valence-corrected chi connectivity index (χ4v) is 4.95. The SMILES string of the molecule is CCn1cc(S(=O)(=O)N2CC(CN)Oc3ccc(NC(=O)OC(C)(C)C(F)(F)F)cc32)c(Cl)n1. The van der Waals surface area contributed by atoms with E-state index in [-0.39, 0.29) is 40.3 Å². The third-order valence-corrected chi connectivity index (χ3v) is 7.18. The molecular weight excluding hydrogens is 503 g/mol. The lowest BCUT2D eigenvalue weighted by molar-refractivity contribution is -0.242. The normalized spacial score (nSPS) is 16.6. The van der Waals surface area contributed by atoms with Gasteiger partial charge in [0, 0.05) is 25.0 Å². The average molecular weight is 526 g/mol. The molecule has 188 valence electrons. The Morgan fingerprint density at radius 2 is 2.06 bits per heavy atom. The summed E-state index contributed by atoms with van der Waals surface area (Å²) in [5.41, 5.74) is 2.96. The van der Waals surface area contributed by atoms with Crippen molar-refractivity contribution in [3.05, 3.63) is 29.5 Å². The number of benzene rings is 1. The van der Waals surface area contributed by atoms with E-state index in [1.54, 1.807) is 6.92 Å². The number of nitrogens with two attached hydrogens (primary N) is 1. The van der Waals surface area contributed by atoms with Crippen LogP contribution in [-0.4, -0.2) is 55.3 Å². The fourth-order valence-electron chi connectivity index (χ4n) is 3.01. The van der Waals surface area contributed by atoms with Crippen molar-refractivity contribution in [1.29, 1.82) is 0 Å². The van der Waals surface area contributed by atoms with Crippen molar-refractivity contribution in [2.75, 3.05) is 22.7 Å². The van der Waals surface area contributed by atoms with Gasteiger partial charge in [0.15, 0.2) is 5.15 Å². The molecule has 0 fully saturated rings. The predicted molar refractivity (Wildman–Crippen MR) is 118 cm³/mol. The lowest BCUT2D eigenvalue weighted by Crippen LogP contribution is -2.46. The van der Waals surface area contributed by atoms with Gasteiger partial charge in [-0.2, -0.15) is 18.3 Å². The summed E-state index contributed by atoms with van der Waals surface area (Å²) in [6.07, 6.45) is -5.57. The zero-order valence-electron chi connectivity index (χ0n) is 18.4. The van der Waals surface area contributed by atoms with Crippen LogP contribution >= 0.6 is 11.6 Å². The Hall–Kier alpha value is -2.71. The summed E-state index contributed by atoms with van der Waals surface area (Å²) >= 11 is 6.06. The quantitative estimate of drug-likeness (QED) is 0.591. The van der Waals surface area contributed by atoms with Gasteiger partial charge < -0.3 is 15.2 Å². The van der Waals surface area contributed by atoms with Gasteiger partial charge in [0.1, 0.15) is 16.7 Å². The molecule has 1 aliphatic rings. The second kappa shape index (κ2) is 9.15. The van der Waals surface area contributed by atoms with E-state index in [2.05, 4.69) is 15.2 Å². The van der Waals surface area contributed by atoms with E-state index in [1.165, 1.54) is 29.1 Å². The fraction of sp³-hybridized carbons (Fsp3) is 0.474. The molecule has 3 N–H and O–H groups in total. The second-order valence-electron chi connectivity index (χ2n) is 7.86. The first-order chi connectivity index (χ1) is 15.7. The number of halogens is 4. The number of rotatable bonds is 6. The molecule has 0 saturated carbocycles. The predicted octanol–water partition coefficient (Wildman–Crippen LogP) is 3.36. The number of aryl methyl sites for hydroxylation is 1. The number of alkyl halides is 3. The average Bonchev–Trinajstić information content (AvgIpc) is 3.13. The molecule has 34 heavy (non-hydrogen) atoms. The Kier molecular flexibility index (Phi) is 6.97. The number of amides is 1. The highest BCUT2D eigenvalue weighted by molar-refractivity contribution is 7.93. The molecule has 10 nitrogen and oxygen atoms in total. The lowest BCUT2D eigenvalue weighted by Gasteiger charge is -2.35. The van der Waals surface area contributed by atoms with Crippen LogP contribution in [0, 0.1) is 0 Å². The van der Waals surface area contributed by atoms with Crippen LogP contribution in [0.15, 0.2) is 29.3 Å². The minimum absolute atomic E-state index is 0.00622. The van der Waals surface area contributed by atoms with Crippen molar-refractivity contribution in [2.45, 2.75) is 50.1 Å². The first kappa shape index (κ1) is 25.9. The minimum Gasteiger partial charge on any atom is -0.485 e. The topological polar surface area (TPSA) is 129 Å². The molecular formula is C19H23ClF3N5O5S. The number of ether oxygens (including phenoxy) is 2. The van der Waals surface area contributed by atoms with Gasteiger partial charge >= 0.3 is 12.3 Å². The Morgan fingerprint density at radius 3 is 2.62 bits per heavy atom. The molecule has 0 aliphatic carbocycles. The highest BCUT2D eigenvalue weighted by Gasteiger charge is 2.51. The summed E-state index contributed by atoms with van der Waals surface area (Å²) in [6, 6.07) is 3.92. The largest absolute Gasteiger partial charge is 0.485 e. The zero-order chi connectivity index (χ0) is 25.5. The molecule has 1 amide bonds. The van der Waals surface area contributed by atoms with Gasteiger partial charge in [0.25, 0.3) is 10.0 Å². The zero-order valence-corrected chi connectivity index (χ0v) is 20.0. The molecule has 1 aromatic carbocycles. The Labute approximate surface area is 198 Å². The van der Waals surface area contributed by atoms with Crippen molar-refractivity contribution < 1.29 is 35.9 Å². The molecule has 0 bridgehead atoms. The van der Waals surface area contributed by atoms with Crippen LogP contribution in [0.2, 0.25) is 5.15 Å². The van der Waals surface area contributed by atoms with Gasteiger partial charge in [0.05, 0.1) is 12.2 Å². The molecule has 0 spiro atoms. The van der Waals surface area contributed by atoms with Gasteiger partial charge in [-0.25, -0.2) is 13.2 Å². The molecule has 2 heterocycles. The molecule has 1 aliphatic heterocycles. The number of hydrogen-bond donors (Lipinski definition) is 2. The Bertz CT molecular complexity index is 1190. The summed E-state index contributed by atoms with van der Waals surface area (Å²) < 4.78 is 78.5. The van der Waals surface area contributed by atoms with Crippen molar-refractivity contribution in [3.8, 4) is 5.75 Å². The number of anilines is 2. The van der Waals surface area contributed by atoms with Crippen molar-refractivity contribution in [3.63, 3.8) is 0 Å². The number of aromatic nitrogens is 2. The number of carbonyl (C=O) groups is 1. The number of carbonyl (C=O) groups excluding carboxylic acids is 1. The Morgan fingerprint density at radius 1 is 1.38 bits per heavy atom. The van der Waals surface area contributed by atoms with Crippen LogP contribution in [0.1, 0.15) is 20.8 Å². The van der Waals surface area contributed by atoms with Gasteiger partial charge in [-0.05, 0) is 39.0 Å². The number of nitrogens with zero attached hydrogens (tertiary/aromatic N) is 3. The van der Waals surface area contributed by atoms with Crippen molar-refractivity contribution in [1.82, 2.24) is 9.78 Å². The second-order valence-corrected chi connectivity index (χ2v) is 10.0. The number of fused-ring (bicyclic) bond motifs is 1. The summed E-state index contributed by atoms with van der Waals surface area (Å²) in [4.78, 5) is 11.8. The van der Waals surface area contributed by atoms with Crippen LogP contribution in [0.25, 0.3) is 0 Å².